The molecule has 6 atom stereocenters. The number of anilines is 1. The van der Waals surface area contributed by atoms with Gasteiger partial charge in [-0.05, 0) is 37.3 Å². The minimum Gasteiger partial charge on any atom is -0.395 e. The summed E-state index contributed by atoms with van der Waals surface area (Å²) in [5, 5.41) is 9.95. The zero-order valence-corrected chi connectivity index (χ0v) is 23.7. The van der Waals surface area contributed by atoms with Crippen molar-refractivity contribution in [2.75, 3.05) is 31.1 Å². The van der Waals surface area contributed by atoms with Crippen molar-refractivity contribution in [3.63, 3.8) is 0 Å². The van der Waals surface area contributed by atoms with Crippen molar-refractivity contribution in [2.45, 2.75) is 67.5 Å². The molecule has 5 rings (SSSR count). The molecule has 1 aromatic carbocycles. The summed E-state index contributed by atoms with van der Waals surface area (Å²) in [7, 11) is 0. The molecule has 210 valence electrons. The van der Waals surface area contributed by atoms with E-state index in [2.05, 4.69) is 20.1 Å². The molecular formula is C31H41N3O4S. The van der Waals surface area contributed by atoms with Gasteiger partial charge in [0.05, 0.1) is 23.2 Å². The third-order valence-electron chi connectivity index (χ3n) is 9.38. The van der Waals surface area contributed by atoms with Crippen LogP contribution in [-0.2, 0) is 14.4 Å². The molecule has 1 aliphatic carbocycles. The van der Waals surface area contributed by atoms with Gasteiger partial charge in [0.2, 0.25) is 17.7 Å². The van der Waals surface area contributed by atoms with Gasteiger partial charge in [0.25, 0.3) is 0 Å². The maximum Gasteiger partial charge on any atom is 0.247 e. The largest absolute Gasteiger partial charge is 0.395 e. The fourth-order valence-electron chi connectivity index (χ4n) is 7.78. The summed E-state index contributed by atoms with van der Waals surface area (Å²) in [6, 6.07) is 8.94. The predicted octanol–water partition coefficient (Wildman–Crippen LogP) is 3.88. The fourth-order valence-corrected chi connectivity index (χ4v) is 10.2. The number of hydrogen-bond acceptors (Lipinski definition) is 5. The summed E-state index contributed by atoms with van der Waals surface area (Å²) in [6.07, 6.45) is 9.53. The first-order chi connectivity index (χ1) is 18.9. The second kappa shape index (κ2) is 11.5. The number of rotatable bonds is 10. The number of carbonyl (C=O) groups is 3. The highest BCUT2D eigenvalue weighted by Gasteiger charge is 2.76. The summed E-state index contributed by atoms with van der Waals surface area (Å²) in [6.45, 7) is 10.6. The van der Waals surface area contributed by atoms with Crippen LogP contribution in [0, 0.1) is 17.8 Å². The summed E-state index contributed by atoms with van der Waals surface area (Å²) in [5.41, 5.74) is 0.775. The van der Waals surface area contributed by atoms with Crippen LogP contribution in [0.1, 0.15) is 45.4 Å². The minimum atomic E-state index is -0.698. The first kappa shape index (κ1) is 28.0. The molecule has 3 saturated heterocycles. The number of thioether (sulfide) groups is 1. The summed E-state index contributed by atoms with van der Waals surface area (Å²) in [4.78, 5) is 48.3. The Morgan fingerprint density at radius 2 is 1.79 bits per heavy atom. The van der Waals surface area contributed by atoms with Gasteiger partial charge < -0.3 is 19.8 Å². The smallest absolute Gasteiger partial charge is 0.247 e. The lowest BCUT2D eigenvalue weighted by Crippen LogP contribution is -2.59. The average Bonchev–Trinajstić information content (AvgIpc) is 3.54. The van der Waals surface area contributed by atoms with Gasteiger partial charge in [-0.1, -0.05) is 56.5 Å². The molecule has 7 nitrogen and oxygen atoms in total. The Balaban J connectivity index is 1.54. The van der Waals surface area contributed by atoms with Gasteiger partial charge in [0.15, 0.2) is 0 Å². The Morgan fingerprint density at radius 3 is 2.44 bits per heavy atom. The van der Waals surface area contributed by atoms with E-state index in [1.54, 1.807) is 33.7 Å². The van der Waals surface area contributed by atoms with E-state index in [0.717, 1.165) is 37.8 Å². The highest BCUT2D eigenvalue weighted by molar-refractivity contribution is 8.02. The number of amides is 3. The lowest BCUT2D eigenvalue weighted by Gasteiger charge is -2.43. The van der Waals surface area contributed by atoms with Crippen LogP contribution in [0.15, 0.2) is 55.6 Å². The van der Waals surface area contributed by atoms with E-state index in [-0.39, 0.29) is 48.1 Å². The number of fused-ring (bicyclic) bond motifs is 1. The van der Waals surface area contributed by atoms with E-state index in [0.29, 0.717) is 13.1 Å². The van der Waals surface area contributed by atoms with Crippen LogP contribution < -0.4 is 4.90 Å². The monoisotopic (exact) mass is 551 g/mol. The lowest BCUT2D eigenvalue weighted by molar-refractivity contribution is -0.144. The summed E-state index contributed by atoms with van der Waals surface area (Å²) >= 11 is 1.69. The van der Waals surface area contributed by atoms with Crippen molar-refractivity contribution < 1.29 is 19.5 Å². The van der Waals surface area contributed by atoms with Gasteiger partial charge in [0.1, 0.15) is 6.04 Å². The number of hydrogen-bond donors (Lipinski definition) is 1. The van der Waals surface area contributed by atoms with E-state index >= 15 is 0 Å². The maximum absolute atomic E-state index is 14.6. The third-order valence-corrected chi connectivity index (χ3v) is 11.5. The summed E-state index contributed by atoms with van der Waals surface area (Å²) < 4.78 is -0.695. The molecule has 1 N–H and O–H groups in total. The Kier molecular flexibility index (Phi) is 8.24. The van der Waals surface area contributed by atoms with Crippen LogP contribution in [0.3, 0.4) is 0 Å². The van der Waals surface area contributed by atoms with Crippen LogP contribution >= 0.6 is 11.8 Å². The van der Waals surface area contributed by atoms with Crippen LogP contribution in [0.4, 0.5) is 5.69 Å². The number of nitrogens with zero attached hydrogens (tertiary/aromatic N) is 3. The van der Waals surface area contributed by atoms with Gasteiger partial charge in [-0.2, -0.15) is 0 Å². The Labute approximate surface area is 236 Å². The Bertz CT molecular complexity index is 1110. The quantitative estimate of drug-likeness (QED) is 0.447. The van der Waals surface area contributed by atoms with Crippen molar-refractivity contribution in [3.8, 4) is 0 Å². The van der Waals surface area contributed by atoms with Gasteiger partial charge in [-0.25, -0.2) is 0 Å². The zero-order chi connectivity index (χ0) is 27.7. The predicted molar refractivity (Wildman–Crippen MR) is 155 cm³/mol. The van der Waals surface area contributed by atoms with Crippen molar-refractivity contribution in [2.24, 2.45) is 17.8 Å². The van der Waals surface area contributed by atoms with Crippen LogP contribution in [-0.4, -0.2) is 80.9 Å². The number of benzene rings is 1. The van der Waals surface area contributed by atoms with E-state index in [9.17, 15) is 19.5 Å². The topological polar surface area (TPSA) is 81.2 Å². The zero-order valence-electron chi connectivity index (χ0n) is 22.9. The number of aliphatic hydroxyl groups is 1. The molecule has 4 aliphatic rings. The molecule has 1 saturated carbocycles. The van der Waals surface area contributed by atoms with Crippen molar-refractivity contribution in [1.82, 2.24) is 9.80 Å². The van der Waals surface area contributed by atoms with Crippen LogP contribution in [0.5, 0.6) is 0 Å². The highest BCUT2D eigenvalue weighted by Crippen LogP contribution is 2.69. The first-order valence-corrected chi connectivity index (χ1v) is 15.3. The van der Waals surface area contributed by atoms with E-state index in [4.69, 9.17) is 0 Å². The van der Waals surface area contributed by atoms with Gasteiger partial charge in [-0.3, -0.25) is 14.4 Å². The Morgan fingerprint density at radius 1 is 1.10 bits per heavy atom. The second-order valence-corrected chi connectivity index (χ2v) is 13.0. The molecule has 39 heavy (non-hydrogen) atoms. The van der Waals surface area contributed by atoms with Crippen molar-refractivity contribution in [1.29, 1.82) is 0 Å². The minimum absolute atomic E-state index is 0.0356. The Hall–Kier alpha value is -2.58. The number of para-hydroxylation sites is 1. The SMILES string of the molecule is C=CCN(C(=O)[C@@H]1[C@H]2C(=O)N(CCO)C(C(=O)N(CC=C)C3CCCCC3)C23S[C@@H]1CC3C)c1ccccc1. The number of aliphatic hydroxyl groups excluding tert-OH is 1. The van der Waals surface area contributed by atoms with Gasteiger partial charge >= 0.3 is 0 Å². The van der Waals surface area contributed by atoms with Crippen LogP contribution in [0.25, 0.3) is 0 Å². The van der Waals surface area contributed by atoms with Crippen LogP contribution in [0.2, 0.25) is 0 Å². The molecule has 0 radical (unpaired) electrons. The highest BCUT2D eigenvalue weighted by atomic mass is 32.2. The molecule has 3 amide bonds. The fraction of sp³-hybridized carbons (Fsp3) is 0.581. The summed E-state index contributed by atoms with van der Waals surface area (Å²) in [5.74, 6) is -1.35. The molecule has 3 aliphatic heterocycles. The molecule has 1 aromatic rings. The first-order valence-electron chi connectivity index (χ1n) is 14.4. The molecule has 4 fully saturated rings. The van der Waals surface area contributed by atoms with E-state index < -0.39 is 22.6 Å². The molecule has 2 bridgehead atoms. The number of carbonyl (C=O) groups excluding carboxylic acids is 3. The second-order valence-electron chi connectivity index (χ2n) is 11.5. The number of likely N-dealkylation sites (tertiary alicyclic amines) is 1. The van der Waals surface area contributed by atoms with Gasteiger partial charge in [-0.15, -0.1) is 24.9 Å². The molecular weight excluding hydrogens is 510 g/mol. The molecule has 3 unspecified atom stereocenters. The lowest BCUT2D eigenvalue weighted by atomic mass is 9.65. The average molecular weight is 552 g/mol. The molecule has 8 heteroatoms. The van der Waals surface area contributed by atoms with Crippen molar-refractivity contribution in [3.05, 3.63) is 55.6 Å². The normalized spacial score (nSPS) is 31.7. The molecule has 3 heterocycles. The van der Waals surface area contributed by atoms with E-state index in [1.165, 1.54) is 6.42 Å². The van der Waals surface area contributed by atoms with E-state index in [1.807, 2.05) is 35.2 Å². The standard InChI is InChI=1S/C31H41N3O4S/c1-4-16-32(22-12-8-6-9-13-22)28(36)25-24-20-21(3)31(39-24)26(25)29(37)34(18-19-35)27(31)30(38)33(17-5-2)23-14-10-7-11-15-23/h4-6,8-9,12-13,21,23-27,35H,1-2,7,10-11,14-20H2,3H3/t21?,24-,25+,26+,27?,31?/m1/s1. The molecule has 1 spiro atoms. The van der Waals surface area contributed by atoms with Crippen molar-refractivity contribution >= 4 is 35.2 Å². The van der Waals surface area contributed by atoms with Gasteiger partial charge in [0, 0.05) is 36.6 Å². The maximum atomic E-state index is 14.6. The number of β-amino-alcohol motifs (C(OH)–C–C–N with tert-alkyl or cyclic N) is 1. The third kappa shape index (κ3) is 4.53. The molecule has 0 aromatic heterocycles.